The Balaban J connectivity index is 2.46. The average molecular weight is 275 g/mol. The van der Waals surface area contributed by atoms with Crippen molar-refractivity contribution in [1.29, 1.82) is 0 Å². The minimum Gasteiger partial charge on any atom is -0.344 e. The first-order valence-electron chi connectivity index (χ1n) is 4.05. The Bertz CT molecular complexity index is 329. The summed E-state index contributed by atoms with van der Waals surface area (Å²) in [5.41, 5.74) is 0.887. The summed E-state index contributed by atoms with van der Waals surface area (Å²) in [4.78, 5) is 11.5. The number of halogens is 1. The van der Waals surface area contributed by atoms with Crippen LogP contribution in [0.25, 0.3) is 0 Å². The molecule has 2 nitrogen and oxygen atoms in total. The van der Waals surface area contributed by atoms with Gasteiger partial charge in [0.05, 0.1) is 5.69 Å². The topological polar surface area (TPSA) is 22.0 Å². The van der Waals surface area contributed by atoms with Gasteiger partial charge in [0.15, 0.2) is 5.78 Å². The predicted octanol–water partition coefficient (Wildman–Crippen LogP) is 2.32. The van der Waals surface area contributed by atoms with Gasteiger partial charge in [0.25, 0.3) is 0 Å². The van der Waals surface area contributed by atoms with Crippen LogP contribution in [0, 0.1) is 9.49 Å². The van der Waals surface area contributed by atoms with Gasteiger partial charge in [0, 0.05) is 22.7 Å². The fraction of sp³-hybridized carbons (Fsp3) is 0.444. The molecule has 1 aromatic heterocycles. The summed E-state index contributed by atoms with van der Waals surface area (Å²) < 4.78 is 3.23. The van der Waals surface area contributed by atoms with E-state index >= 15 is 0 Å². The van der Waals surface area contributed by atoms with Crippen molar-refractivity contribution in [3.05, 3.63) is 21.5 Å². The summed E-state index contributed by atoms with van der Waals surface area (Å²) in [6, 6.07) is 1.97. The largest absolute Gasteiger partial charge is 0.344 e. The number of rotatable bonds is 0. The van der Waals surface area contributed by atoms with Gasteiger partial charge in [-0.3, -0.25) is 4.79 Å². The van der Waals surface area contributed by atoms with Gasteiger partial charge in [-0.2, -0.15) is 0 Å². The number of hydrogen-bond acceptors (Lipinski definition) is 1. The maximum Gasteiger partial charge on any atom is 0.179 e. The first-order valence-corrected chi connectivity index (χ1v) is 5.13. The molecule has 1 atom stereocenters. The minimum atomic E-state index is 0.289. The zero-order valence-electron chi connectivity index (χ0n) is 6.88. The van der Waals surface area contributed by atoms with E-state index in [0.29, 0.717) is 12.3 Å². The summed E-state index contributed by atoms with van der Waals surface area (Å²) in [6.45, 7) is 3.11. The van der Waals surface area contributed by atoms with Crippen LogP contribution in [0.5, 0.6) is 0 Å². The van der Waals surface area contributed by atoms with Crippen molar-refractivity contribution < 1.29 is 4.79 Å². The summed E-state index contributed by atoms with van der Waals surface area (Å²) >= 11 is 2.24. The number of hydrogen-bond donors (Lipinski definition) is 0. The lowest BCUT2D eigenvalue weighted by atomic mass is 9.99. The molecule has 0 amide bonds. The van der Waals surface area contributed by atoms with Gasteiger partial charge < -0.3 is 4.57 Å². The SMILES string of the molecule is CC1CC(=O)c2cc(I)cn2C1. The summed E-state index contributed by atoms with van der Waals surface area (Å²) in [7, 11) is 0. The molecule has 0 spiro atoms. The lowest BCUT2D eigenvalue weighted by Gasteiger charge is -2.19. The van der Waals surface area contributed by atoms with Crippen LogP contribution in [-0.4, -0.2) is 10.4 Å². The summed E-state index contributed by atoms with van der Waals surface area (Å²) in [5, 5.41) is 0. The van der Waals surface area contributed by atoms with Crippen LogP contribution < -0.4 is 0 Å². The number of aromatic nitrogens is 1. The Hall–Kier alpha value is -0.320. The normalized spacial score (nSPS) is 22.5. The lowest BCUT2D eigenvalue weighted by Crippen LogP contribution is -2.22. The third-order valence-electron chi connectivity index (χ3n) is 2.19. The van der Waals surface area contributed by atoms with Crippen molar-refractivity contribution in [3.63, 3.8) is 0 Å². The van der Waals surface area contributed by atoms with E-state index in [9.17, 15) is 4.79 Å². The van der Waals surface area contributed by atoms with Gasteiger partial charge in [0.2, 0.25) is 0 Å². The van der Waals surface area contributed by atoms with Gasteiger partial charge in [-0.1, -0.05) is 6.92 Å². The molecule has 64 valence electrons. The Morgan fingerprint density at radius 2 is 2.42 bits per heavy atom. The molecule has 1 aromatic rings. The smallest absolute Gasteiger partial charge is 0.179 e. The van der Waals surface area contributed by atoms with Crippen molar-refractivity contribution in [2.24, 2.45) is 5.92 Å². The minimum absolute atomic E-state index is 0.289. The monoisotopic (exact) mass is 275 g/mol. The van der Waals surface area contributed by atoms with Crippen molar-refractivity contribution in [2.45, 2.75) is 19.9 Å². The number of Topliss-reactive ketones (excluding diaryl/α,β-unsaturated/α-hetero) is 1. The van der Waals surface area contributed by atoms with Crippen LogP contribution in [0.3, 0.4) is 0 Å². The van der Waals surface area contributed by atoms with E-state index in [2.05, 4.69) is 34.1 Å². The summed E-state index contributed by atoms with van der Waals surface area (Å²) in [5.74, 6) is 0.782. The fourth-order valence-electron chi connectivity index (χ4n) is 1.68. The molecule has 3 heteroatoms. The van der Waals surface area contributed by atoms with Crippen molar-refractivity contribution in [2.75, 3.05) is 0 Å². The maximum atomic E-state index is 11.5. The number of nitrogens with zero attached hydrogens (tertiary/aromatic N) is 1. The first-order chi connectivity index (χ1) is 5.66. The second kappa shape index (κ2) is 2.87. The third-order valence-corrected chi connectivity index (χ3v) is 2.78. The van der Waals surface area contributed by atoms with Crippen molar-refractivity contribution >= 4 is 28.4 Å². The number of carbonyl (C=O) groups is 1. The van der Waals surface area contributed by atoms with Gasteiger partial charge >= 0.3 is 0 Å². The highest BCUT2D eigenvalue weighted by molar-refractivity contribution is 14.1. The molecular formula is C9H10INO. The van der Waals surface area contributed by atoms with E-state index in [1.54, 1.807) is 0 Å². The highest BCUT2D eigenvalue weighted by Crippen LogP contribution is 2.22. The Morgan fingerprint density at radius 3 is 3.17 bits per heavy atom. The van der Waals surface area contributed by atoms with Crippen LogP contribution >= 0.6 is 22.6 Å². The molecule has 1 aliphatic rings. The Labute approximate surface area is 85.1 Å². The summed E-state index contributed by atoms with van der Waals surface area (Å²) in [6.07, 6.45) is 2.75. The van der Waals surface area contributed by atoms with E-state index in [4.69, 9.17) is 0 Å². The van der Waals surface area contributed by atoms with Crippen LogP contribution in [0.15, 0.2) is 12.3 Å². The molecule has 1 aliphatic heterocycles. The molecule has 0 bridgehead atoms. The Morgan fingerprint density at radius 1 is 1.67 bits per heavy atom. The van der Waals surface area contributed by atoms with E-state index in [1.165, 1.54) is 0 Å². The van der Waals surface area contributed by atoms with E-state index < -0.39 is 0 Å². The van der Waals surface area contributed by atoms with Gasteiger partial charge in [0.1, 0.15) is 0 Å². The molecule has 1 unspecified atom stereocenters. The highest BCUT2D eigenvalue weighted by Gasteiger charge is 2.22. The zero-order valence-corrected chi connectivity index (χ0v) is 9.04. The average Bonchev–Trinajstić information content (AvgIpc) is 2.29. The second-order valence-corrected chi connectivity index (χ2v) is 4.67. The molecule has 0 N–H and O–H groups in total. The third kappa shape index (κ3) is 1.30. The molecule has 0 aliphatic carbocycles. The second-order valence-electron chi connectivity index (χ2n) is 3.43. The van der Waals surface area contributed by atoms with Crippen LogP contribution in [-0.2, 0) is 6.54 Å². The maximum absolute atomic E-state index is 11.5. The molecule has 2 heterocycles. The molecule has 12 heavy (non-hydrogen) atoms. The predicted molar refractivity (Wildman–Crippen MR) is 55.3 cm³/mol. The van der Waals surface area contributed by atoms with Gasteiger partial charge in [-0.05, 0) is 34.6 Å². The molecule has 0 fully saturated rings. The van der Waals surface area contributed by atoms with Gasteiger partial charge in [-0.25, -0.2) is 0 Å². The number of ketones is 1. The highest BCUT2D eigenvalue weighted by atomic mass is 127. The number of fused-ring (bicyclic) bond motifs is 1. The van der Waals surface area contributed by atoms with Crippen LogP contribution in [0.2, 0.25) is 0 Å². The molecular weight excluding hydrogens is 265 g/mol. The first kappa shape index (κ1) is 8.29. The van der Waals surface area contributed by atoms with Crippen LogP contribution in [0.4, 0.5) is 0 Å². The molecule has 0 saturated heterocycles. The van der Waals surface area contributed by atoms with E-state index in [0.717, 1.165) is 15.8 Å². The molecule has 0 saturated carbocycles. The van der Waals surface area contributed by atoms with Crippen LogP contribution in [0.1, 0.15) is 23.8 Å². The molecule has 0 radical (unpaired) electrons. The van der Waals surface area contributed by atoms with Gasteiger partial charge in [-0.15, -0.1) is 0 Å². The quantitative estimate of drug-likeness (QED) is 0.666. The van der Waals surface area contributed by atoms with Crippen molar-refractivity contribution in [1.82, 2.24) is 4.57 Å². The van der Waals surface area contributed by atoms with E-state index in [-0.39, 0.29) is 5.78 Å². The van der Waals surface area contributed by atoms with Crippen molar-refractivity contribution in [3.8, 4) is 0 Å². The Kier molecular flexibility index (Phi) is 1.98. The number of carbonyl (C=O) groups excluding carboxylic acids is 1. The van der Waals surface area contributed by atoms with E-state index in [1.807, 2.05) is 12.3 Å². The lowest BCUT2D eigenvalue weighted by molar-refractivity contribution is 0.0929. The molecule has 0 aromatic carbocycles. The fourth-order valence-corrected chi connectivity index (χ4v) is 2.31. The standard InChI is InChI=1S/C9H10INO/c1-6-2-9(12)8-3-7(10)5-11(8)4-6/h3,5-6H,2,4H2,1H3. The molecule has 2 rings (SSSR count). The zero-order chi connectivity index (χ0) is 8.72.